The number of amides is 1. The van der Waals surface area contributed by atoms with Crippen LogP contribution in [0.25, 0.3) is 11.0 Å². The predicted octanol–water partition coefficient (Wildman–Crippen LogP) is 5.65. The Hall–Kier alpha value is -3.19. The number of ether oxygens (including phenoxy) is 1. The molecule has 0 aliphatic rings. The maximum Gasteiger partial charge on any atom is 0.321 e. The van der Waals surface area contributed by atoms with Crippen LogP contribution in [0.4, 0.5) is 5.69 Å². The van der Waals surface area contributed by atoms with Crippen LogP contribution in [-0.4, -0.2) is 15.9 Å². The number of nitrogens with zero attached hydrogens (tertiary/aromatic N) is 2. The topological polar surface area (TPSA) is 77.3 Å². The lowest BCUT2D eigenvalue weighted by atomic mass is 10.1. The normalized spacial score (nSPS) is 10.8. The van der Waals surface area contributed by atoms with Crippen molar-refractivity contribution in [3.05, 3.63) is 76.2 Å². The van der Waals surface area contributed by atoms with Crippen molar-refractivity contribution in [3.8, 4) is 11.8 Å². The van der Waals surface area contributed by atoms with Crippen molar-refractivity contribution in [2.75, 3.05) is 5.32 Å². The van der Waals surface area contributed by atoms with Crippen molar-refractivity contribution in [1.82, 2.24) is 9.97 Å². The highest BCUT2D eigenvalue weighted by molar-refractivity contribution is 9.10. The van der Waals surface area contributed by atoms with E-state index in [1.165, 1.54) is 0 Å². The first-order valence-corrected chi connectivity index (χ1v) is 9.36. The lowest BCUT2D eigenvalue weighted by Gasteiger charge is -2.10. The average molecular weight is 438 g/mol. The second kappa shape index (κ2) is 7.44. The lowest BCUT2D eigenvalue weighted by Crippen LogP contribution is -2.13. The molecule has 1 amide bonds. The zero-order chi connectivity index (χ0) is 19.7. The van der Waals surface area contributed by atoms with Gasteiger partial charge < -0.3 is 14.5 Å². The summed E-state index contributed by atoms with van der Waals surface area (Å²) in [7, 11) is 0. The van der Waals surface area contributed by atoms with E-state index in [2.05, 4.69) is 31.2 Å². The highest BCUT2D eigenvalue weighted by Crippen LogP contribution is 2.29. The van der Waals surface area contributed by atoms with Gasteiger partial charge in [-0.3, -0.25) is 4.79 Å². The number of aromatic nitrogens is 2. The summed E-state index contributed by atoms with van der Waals surface area (Å²) < 4.78 is 12.3. The summed E-state index contributed by atoms with van der Waals surface area (Å²) >= 11 is 3.44. The van der Waals surface area contributed by atoms with Crippen LogP contribution < -0.4 is 10.1 Å². The fourth-order valence-electron chi connectivity index (χ4n) is 2.87. The maximum atomic E-state index is 12.7. The molecule has 0 saturated heterocycles. The number of rotatable bonds is 4. The zero-order valence-corrected chi connectivity index (χ0v) is 16.8. The van der Waals surface area contributed by atoms with E-state index in [1.54, 1.807) is 30.6 Å². The average Bonchev–Trinajstić information content (AvgIpc) is 3.01. The van der Waals surface area contributed by atoms with Gasteiger partial charge in [-0.1, -0.05) is 15.9 Å². The van der Waals surface area contributed by atoms with E-state index in [4.69, 9.17) is 9.15 Å². The lowest BCUT2D eigenvalue weighted by molar-refractivity contribution is 0.0998. The molecule has 0 saturated carbocycles. The number of nitrogens with one attached hydrogen (secondary N) is 1. The van der Waals surface area contributed by atoms with Gasteiger partial charge in [0.05, 0.1) is 0 Å². The summed E-state index contributed by atoms with van der Waals surface area (Å²) in [5, 5.41) is 3.81. The van der Waals surface area contributed by atoms with Gasteiger partial charge in [0.2, 0.25) is 0 Å². The number of hydrogen-bond acceptors (Lipinski definition) is 5. The number of carbonyl (C=O) groups is 1. The van der Waals surface area contributed by atoms with Gasteiger partial charge in [0, 0.05) is 33.5 Å². The number of furan rings is 1. The van der Waals surface area contributed by atoms with Crippen molar-refractivity contribution >= 4 is 38.5 Å². The Balaban J connectivity index is 1.55. The van der Waals surface area contributed by atoms with Crippen molar-refractivity contribution in [3.63, 3.8) is 0 Å². The summed E-state index contributed by atoms with van der Waals surface area (Å²) in [6, 6.07) is 13.0. The molecule has 0 atom stereocenters. The largest absolute Gasteiger partial charge is 0.451 e. The molecule has 0 unspecified atom stereocenters. The summed E-state index contributed by atoms with van der Waals surface area (Å²) in [6.07, 6.45) is 3.22. The molecule has 4 rings (SSSR count). The van der Waals surface area contributed by atoms with E-state index < -0.39 is 0 Å². The molecule has 140 valence electrons. The van der Waals surface area contributed by atoms with E-state index in [9.17, 15) is 4.79 Å². The number of halogens is 1. The molecular weight excluding hydrogens is 422 g/mol. The standard InChI is InChI=1S/C21H16BrN3O3/c1-12-10-15(27-21-23-8-3-9-24-21)5-6-17(12)25-20(26)19-13(2)16-11-14(22)4-7-18(16)28-19/h3-11H,1-2H3,(H,25,26). The fourth-order valence-corrected chi connectivity index (χ4v) is 3.23. The van der Waals surface area contributed by atoms with E-state index in [1.807, 2.05) is 38.1 Å². The van der Waals surface area contributed by atoms with Gasteiger partial charge in [0.25, 0.3) is 5.91 Å². The van der Waals surface area contributed by atoms with Crippen molar-refractivity contribution in [2.45, 2.75) is 13.8 Å². The minimum atomic E-state index is -0.298. The van der Waals surface area contributed by atoms with E-state index in [0.717, 1.165) is 21.0 Å². The van der Waals surface area contributed by atoms with Crippen LogP contribution >= 0.6 is 15.9 Å². The first-order valence-electron chi connectivity index (χ1n) is 8.57. The number of aryl methyl sites for hydroxylation is 2. The third-order valence-corrected chi connectivity index (χ3v) is 4.80. The van der Waals surface area contributed by atoms with Gasteiger partial charge in [0.1, 0.15) is 11.3 Å². The Morgan fingerprint density at radius 2 is 1.89 bits per heavy atom. The van der Waals surface area contributed by atoms with E-state index in [0.29, 0.717) is 22.8 Å². The molecule has 0 fully saturated rings. The highest BCUT2D eigenvalue weighted by Gasteiger charge is 2.18. The molecule has 28 heavy (non-hydrogen) atoms. The third kappa shape index (κ3) is 3.61. The van der Waals surface area contributed by atoms with Crippen LogP contribution in [0.5, 0.6) is 11.8 Å². The van der Waals surface area contributed by atoms with E-state index >= 15 is 0 Å². The Morgan fingerprint density at radius 1 is 1.11 bits per heavy atom. The molecule has 7 heteroatoms. The monoisotopic (exact) mass is 437 g/mol. The molecule has 0 aliphatic carbocycles. The smallest absolute Gasteiger partial charge is 0.321 e. The van der Waals surface area contributed by atoms with Gasteiger partial charge >= 0.3 is 6.01 Å². The van der Waals surface area contributed by atoms with Crippen LogP contribution in [0.3, 0.4) is 0 Å². The molecule has 0 spiro atoms. The van der Waals surface area contributed by atoms with Gasteiger partial charge in [-0.25, -0.2) is 9.97 Å². The molecule has 2 aromatic carbocycles. The molecule has 1 N–H and O–H groups in total. The van der Waals surface area contributed by atoms with Crippen LogP contribution in [0.2, 0.25) is 0 Å². The second-order valence-electron chi connectivity index (χ2n) is 6.26. The number of fused-ring (bicyclic) bond motifs is 1. The highest BCUT2D eigenvalue weighted by atomic mass is 79.9. The number of hydrogen-bond donors (Lipinski definition) is 1. The zero-order valence-electron chi connectivity index (χ0n) is 15.2. The third-order valence-electron chi connectivity index (χ3n) is 4.30. The predicted molar refractivity (Wildman–Crippen MR) is 110 cm³/mol. The molecule has 0 bridgehead atoms. The molecular formula is C21H16BrN3O3. The van der Waals surface area contributed by atoms with Crippen molar-refractivity contribution < 1.29 is 13.9 Å². The quantitative estimate of drug-likeness (QED) is 0.446. The van der Waals surface area contributed by atoms with Crippen LogP contribution in [0.1, 0.15) is 21.7 Å². The first-order chi connectivity index (χ1) is 13.5. The van der Waals surface area contributed by atoms with Crippen molar-refractivity contribution in [2.24, 2.45) is 0 Å². The number of carbonyl (C=O) groups excluding carboxylic acids is 1. The summed E-state index contributed by atoms with van der Waals surface area (Å²) in [5.41, 5.74) is 2.99. The number of benzene rings is 2. The van der Waals surface area contributed by atoms with Crippen LogP contribution in [0.15, 0.2) is 63.7 Å². The molecule has 6 nitrogen and oxygen atoms in total. The Kier molecular flexibility index (Phi) is 4.83. The minimum Gasteiger partial charge on any atom is -0.451 e. The van der Waals surface area contributed by atoms with Crippen molar-refractivity contribution in [1.29, 1.82) is 0 Å². The van der Waals surface area contributed by atoms with Gasteiger partial charge in [0.15, 0.2) is 5.76 Å². The summed E-state index contributed by atoms with van der Waals surface area (Å²) in [5.74, 6) is 0.588. The number of anilines is 1. The second-order valence-corrected chi connectivity index (χ2v) is 7.18. The Bertz CT molecular complexity index is 1170. The first kappa shape index (κ1) is 18.2. The molecule has 4 aromatic rings. The molecule has 2 aromatic heterocycles. The summed E-state index contributed by atoms with van der Waals surface area (Å²) in [4.78, 5) is 20.8. The maximum absolute atomic E-state index is 12.7. The van der Waals surface area contributed by atoms with Crippen LogP contribution in [-0.2, 0) is 0 Å². The Labute approximate surface area is 169 Å². The van der Waals surface area contributed by atoms with Gasteiger partial charge in [-0.15, -0.1) is 0 Å². The van der Waals surface area contributed by atoms with Gasteiger partial charge in [-0.05, 0) is 61.9 Å². The molecule has 0 aliphatic heterocycles. The minimum absolute atomic E-state index is 0.266. The SMILES string of the molecule is Cc1cc(Oc2ncccn2)ccc1NC(=O)c1oc2ccc(Br)cc2c1C. The summed E-state index contributed by atoms with van der Waals surface area (Å²) in [6.45, 7) is 3.76. The van der Waals surface area contributed by atoms with E-state index in [-0.39, 0.29) is 11.9 Å². The van der Waals surface area contributed by atoms with Crippen LogP contribution in [0, 0.1) is 13.8 Å². The molecule has 2 heterocycles. The Morgan fingerprint density at radius 3 is 2.64 bits per heavy atom. The fraction of sp³-hybridized carbons (Fsp3) is 0.0952. The molecule has 0 radical (unpaired) electrons. The van der Waals surface area contributed by atoms with Gasteiger partial charge in [-0.2, -0.15) is 0 Å².